The molecule has 1 heterocycles. The van der Waals surface area contributed by atoms with Crippen molar-refractivity contribution in [1.29, 1.82) is 0 Å². The van der Waals surface area contributed by atoms with Gasteiger partial charge in [-0.3, -0.25) is 4.90 Å². The third-order valence-electron chi connectivity index (χ3n) is 5.15. The van der Waals surface area contributed by atoms with Crippen molar-refractivity contribution in [3.05, 3.63) is 0 Å². The van der Waals surface area contributed by atoms with E-state index in [0.717, 1.165) is 17.9 Å². The summed E-state index contributed by atoms with van der Waals surface area (Å²) in [5.74, 6) is 3.29. The van der Waals surface area contributed by atoms with E-state index in [9.17, 15) is 0 Å². The molecule has 1 N–H and O–H groups in total. The van der Waals surface area contributed by atoms with Crippen molar-refractivity contribution in [3.8, 4) is 0 Å². The van der Waals surface area contributed by atoms with Crippen molar-refractivity contribution in [3.63, 3.8) is 0 Å². The molecule has 0 radical (unpaired) electrons. The van der Waals surface area contributed by atoms with Gasteiger partial charge in [0, 0.05) is 24.7 Å². The molecule has 0 aromatic heterocycles. The summed E-state index contributed by atoms with van der Waals surface area (Å²) in [7, 11) is 0. The average Bonchev–Trinajstić information content (AvgIpc) is 3.20. The number of thioether (sulfide) groups is 1. The molecule has 104 valence electrons. The maximum absolute atomic E-state index is 3.90. The van der Waals surface area contributed by atoms with E-state index >= 15 is 0 Å². The Hall–Kier alpha value is 0.270. The van der Waals surface area contributed by atoms with E-state index in [4.69, 9.17) is 0 Å². The Bertz CT molecular complexity index is 288. The monoisotopic (exact) mass is 268 g/mol. The lowest BCUT2D eigenvalue weighted by Crippen LogP contribution is -2.64. The van der Waals surface area contributed by atoms with Crippen LogP contribution in [0.4, 0.5) is 0 Å². The molecule has 3 heteroatoms. The van der Waals surface area contributed by atoms with E-state index in [2.05, 4.69) is 23.4 Å². The van der Waals surface area contributed by atoms with Crippen LogP contribution < -0.4 is 5.32 Å². The van der Waals surface area contributed by atoms with Crippen molar-refractivity contribution >= 4 is 11.8 Å². The van der Waals surface area contributed by atoms with Gasteiger partial charge in [0.25, 0.3) is 0 Å². The highest BCUT2D eigenvalue weighted by molar-refractivity contribution is 7.98. The molecule has 2 saturated carbocycles. The quantitative estimate of drug-likeness (QED) is 0.746. The fraction of sp³-hybridized carbons (Fsp3) is 1.00. The van der Waals surface area contributed by atoms with Crippen LogP contribution in [0.25, 0.3) is 0 Å². The first-order chi connectivity index (χ1) is 8.73. The molecule has 2 aliphatic carbocycles. The largest absolute Gasteiger partial charge is 0.308 e. The Labute approximate surface area is 116 Å². The lowest BCUT2D eigenvalue weighted by atomic mass is 9.89. The Morgan fingerprint density at radius 1 is 1.28 bits per heavy atom. The van der Waals surface area contributed by atoms with Crippen molar-refractivity contribution < 1.29 is 0 Å². The molecule has 18 heavy (non-hydrogen) atoms. The van der Waals surface area contributed by atoms with Crippen molar-refractivity contribution in [2.45, 2.75) is 50.6 Å². The fourth-order valence-corrected chi connectivity index (χ4v) is 4.08. The summed E-state index contributed by atoms with van der Waals surface area (Å²) in [6.45, 7) is 6.34. The number of nitrogens with one attached hydrogen (secondary N) is 1. The molecule has 0 bridgehead atoms. The highest BCUT2D eigenvalue weighted by Gasteiger charge is 2.48. The van der Waals surface area contributed by atoms with Crippen LogP contribution in [0.2, 0.25) is 0 Å². The van der Waals surface area contributed by atoms with E-state index in [1.165, 1.54) is 57.5 Å². The molecular formula is C15H28N2S. The van der Waals surface area contributed by atoms with Gasteiger partial charge >= 0.3 is 0 Å². The number of nitrogens with zero attached hydrogens (tertiary/aromatic N) is 1. The van der Waals surface area contributed by atoms with E-state index < -0.39 is 0 Å². The summed E-state index contributed by atoms with van der Waals surface area (Å²) in [6, 6.07) is 0.846. The highest BCUT2D eigenvalue weighted by Crippen LogP contribution is 2.44. The van der Waals surface area contributed by atoms with E-state index in [1.54, 1.807) is 0 Å². The van der Waals surface area contributed by atoms with Gasteiger partial charge in [0.2, 0.25) is 0 Å². The van der Waals surface area contributed by atoms with Crippen LogP contribution in [0.5, 0.6) is 0 Å². The zero-order chi connectivity index (χ0) is 12.6. The third-order valence-corrected chi connectivity index (χ3v) is 5.85. The van der Waals surface area contributed by atoms with E-state index in [-0.39, 0.29) is 0 Å². The fourth-order valence-electron chi connectivity index (χ4n) is 3.66. The molecule has 3 aliphatic rings. The van der Waals surface area contributed by atoms with Gasteiger partial charge in [-0.25, -0.2) is 0 Å². The minimum atomic E-state index is 0.421. The lowest BCUT2D eigenvalue weighted by Gasteiger charge is -2.47. The summed E-state index contributed by atoms with van der Waals surface area (Å²) < 4.78 is 0. The Kier molecular flexibility index (Phi) is 3.93. The molecule has 1 aliphatic heterocycles. The van der Waals surface area contributed by atoms with Crippen LogP contribution in [0.15, 0.2) is 0 Å². The van der Waals surface area contributed by atoms with Crippen LogP contribution in [0.3, 0.4) is 0 Å². The molecule has 2 nitrogen and oxygen atoms in total. The summed E-state index contributed by atoms with van der Waals surface area (Å²) in [5.41, 5.74) is 0.421. The van der Waals surface area contributed by atoms with Crippen LogP contribution in [0.1, 0.15) is 39.0 Å². The van der Waals surface area contributed by atoms with Gasteiger partial charge in [0.1, 0.15) is 0 Å². The number of hydrogen-bond acceptors (Lipinski definition) is 3. The Balaban J connectivity index is 1.59. The topological polar surface area (TPSA) is 15.3 Å². The molecule has 2 atom stereocenters. The SMILES string of the molecule is CSCCCN1CC(C)(C2CC2)NCC1C1CC1. The van der Waals surface area contributed by atoms with Crippen LogP contribution in [-0.4, -0.2) is 48.1 Å². The van der Waals surface area contributed by atoms with Gasteiger partial charge < -0.3 is 5.32 Å². The second kappa shape index (κ2) is 5.34. The maximum Gasteiger partial charge on any atom is 0.0309 e. The predicted molar refractivity (Wildman–Crippen MR) is 80.2 cm³/mol. The molecule has 3 fully saturated rings. The van der Waals surface area contributed by atoms with E-state index in [1.807, 2.05) is 11.8 Å². The van der Waals surface area contributed by atoms with Gasteiger partial charge in [-0.05, 0) is 69.4 Å². The van der Waals surface area contributed by atoms with Crippen molar-refractivity contribution in [1.82, 2.24) is 10.2 Å². The van der Waals surface area contributed by atoms with Gasteiger partial charge in [0.15, 0.2) is 0 Å². The molecule has 1 saturated heterocycles. The second-order valence-electron chi connectivity index (χ2n) is 6.79. The van der Waals surface area contributed by atoms with Crippen LogP contribution in [0, 0.1) is 11.8 Å². The highest BCUT2D eigenvalue weighted by atomic mass is 32.2. The van der Waals surface area contributed by atoms with Gasteiger partial charge in [0.05, 0.1) is 0 Å². The van der Waals surface area contributed by atoms with Gasteiger partial charge in [-0.2, -0.15) is 11.8 Å². The average molecular weight is 268 g/mol. The summed E-state index contributed by atoms with van der Waals surface area (Å²) in [5, 5.41) is 3.90. The molecule has 3 rings (SSSR count). The van der Waals surface area contributed by atoms with Crippen molar-refractivity contribution in [2.75, 3.05) is 31.6 Å². The number of rotatable bonds is 6. The first-order valence-corrected chi connectivity index (χ1v) is 9.10. The summed E-state index contributed by atoms with van der Waals surface area (Å²) >= 11 is 1.99. The summed E-state index contributed by atoms with van der Waals surface area (Å²) in [4.78, 5) is 2.84. The second-order valence-corrected chi connectivity index (χ2v) is 7.78. The molecule has 0 amide bonds. The molecule has 0 spiro atoms. The third kappa shape index (κ3) is 2.88. The Morgan fingerprint density at radius 2 is 2.06 bits per heavy atom. The first-order valence-electron chi connectivity index (χ1n) is 7.71. The van der Waals surface area contributed by atoms with Crippen molar-refractivity contribution in [2.24, 2.45) is 11.8 Å². The minimum absolute atomic E-state index is 0.421. The van der Waals surface area contributed by atoms with Gasteiger partial charge in [-0.1, -0.05) is 0 Å². The lowest BCUT2D eigenvalue weighted by molar-refractivity contribution is 0.0645. The summed E-state index contributed by atoms with van der Waals surface area (Å²) in [6.07, 6.45) is 9.46. The predicted octanol–water partition coefficient (Wildman–Crippen LogP) is 2.59. The number of piperazine rings is 1. The zero-order valence-electron chi connectivity index (χ0n) is 12.0. The molecule has 0 aromatic rings. The maximum atomic E-state index is 3.90. The van der Waals surface area contributed by atoms with Crippen LogP contribution >= 0.6 is 11.8 Å². The molecule has 0 aromatic carbocycles. The zero-order valence-corrected chi connectivity index (χ0v) is 12.8. The standard InChI is InChI=1S/C15H28N2S/c1-15(13-6-7-13)11-17(8-3-9-18-2)14(10-16-15)12-4-5-12/h12-14,16H,3-11H2,1-2H3. The smallest absolute Gasteiger partial charge is 0.0309 e. The Morgan fingerprint density at radius 3 is 2.67 bits per heavy atom. The first kappa shape index (κ1) is 13.3. The minimum Gasteiger partial charge on any atom is -0.308 e. The van der Waals surface area contributed by atoms with E-state index in [0.29, 0.717) is 5.54 Å². The molecule has 2 unspecified atom stereocenters. The van der Waals surface area contributed by atoms with Crippen LogP contribution in [-0.2, 0) is 0 Å². The van der Waals surface area contributed by atoms with Gasteiger partial charge in [-0.15, -0.1) is 0 Å². The normalized spacial score (nSPS) is 38.0. The number of hydrogen-bond donors (Lipinski definition) is 1. The molecular weight excluding hydrogens is 240 g/mol.